The predicted octanol–water partition coefficient (Wildman–Crippen LogP) is 12.8. The molecule has 0 heterocycles. The maximum Gasteiger partial charge on any atom is 0.0732 e. The summed E-state index contributed by atoms with van der Waals surface area (Å²) in [6.45, 7) is 0. The zero-order valence-corrected chi connectivity index (χ0v) is 26.8. The monoisotopic (exact) mass is 618 g/mol. The average Bonchev–Trinajstić information content (AvgIpc) is 3.65. The summed E-state index contributed by atoms with van der Waals surface area (Å²) >= 11 is 0. The number of hydrogen-bond donors (Lipinski definition) is 0. The summed E-state index contributed by atoms with van der Waals surface area (Å²) in [5.74, 6) is 0. The van der Waals surface area contributed by atoms with Gasteiger partial charge in [-0.2, -0.15) is 0 Å². The van der Waals surface area contributed by atoms with Gasteiger partial charge in [-0.3, -0.25) is 0 Å². The molecule has 0 aromatic heterocycles. The molecule has 2 aliphatic carbocycles. The lowest BCUT2D eigenvalue weighted by atomic mass is 9.68. The fourth-order valence-corrected chi connectivity index (χ4v) is 9.38. The van der Waals surface area contributed by atoms with E-state index in [0.717, 1.165) is 0 Å². The highest BCUT2D eigenvalue weighted by atomic mass is 14.5. The van der Waals surface area contributed by atoms with Gasteiger partial charge in [-0.1, -0.05) is 170 Å². The Morgan fingerprint density at radius 1 is 0.286 bits per heavy atom. The molecule has 0 amide bonds. The molecular weight excluding hydrogens is 589 g/mol. The van der Waals surface area contributed by atoms with Crippen molar-refractivity contribution in [2.75, 3.05) is 0 Å². The van der Waals surface area contributed by atoms with Crippen molar-refractivity contribution < 1.29 is 0 Å². The van der Waals surface area contributed by atoms with Crippen molar-refractivity contribution in [1.82, 2.24) is 0 Å². The number of rotatable bonds is 2. The van der Waals surface area contributed by atoms with Crippen molar-refractivity contribution in [3.8, 4) is 44.5 Å². The number of fused-ring (bicyclic) bond motifs is 17. The minimum atomic E-state index is -0.484. The molecule has 0 radical (unpaired) electrons. The van der Waals surface area contributed by atoms with Gasteiger partial charge in [-0.25, -0.2) is 0 Å². The van der Waals surface area contributed by atoms with E-state index in [1.807, 2.05) is 0 Å². The minimum Gasteiger partial charge on any atom is -0.0622 e. The molecule has 0 saturated carbocycles. The van der Waals surface area contributed by atoms with Crippen LogP contribution in [0.2, 0.25) is 0 Å². The Morgan fingerprint density at radius 2 is 0.837 bits per heavy atom. The van der Waals surface area contributed by atoms with Gasteiger partial charge in [0.2, 0.25) is 0 Å². The summed E-state index contributed by atoms with van der Waals surface area (Å²) in [7, 11) is 0. The molecule has 0 saturated heterocycles. The topological polar surface area (TPSA) is 0 Å². The summed E-state index contributed by atoms with van der Waals surface area (Å²) in [4.78, 5) is 0. The fourth-order valence-electron chi connectivity index (χ4n) is 9.38. The molecule has 2 aliphatic rings. The van der Waals surface area contributed by atoms with Crippen LogP contribution >= 0.6 is 0 Å². The SMILES string of the molecule is c1ccc(-c2ccc3c(c2)C2(c4ccccc4-3)c3ccccc3-c3c2c2c4ccccc4c(-c4ccccc4)cc2c2ccccc32)cc1. The summed E-state index contributed by atoms with van der Waals surface area (Å²) in [5.41, 5.74) is 15.4. The van der Waals surface area contributed by atoms with E-state index in [2.05, 4.69) is 182 Å². The van der Waals surface area contributed by atoms with Crippen LogP contribution in [0.3, 0.4) is 0 Å². The van der Waals surface area contributed by atoms with Crippen LogP contribution in [0.25, 0.3) is 76.8 Å². The first-order valence-corrected chi connectivity index (χ1v) is 17.2. The van der Waals surface area contributed by atoms with Gasteiger partial charge >= 0.3 is 0 Å². The molecule has 9 aromatic carbocycles. The van der Waals surface area contributed by atoms with Gasteiger partial charge in [-0.05, 0) is 111 Å². The smallest absolute Gasteiger partial charge is 0.0622 e. The van der Waals surface area contributed by atoms with Gasteiger partial charge in [-0.15, -0.1) is 0 Å². The van der Waals surface area contributed by atoms with E-state index in [1.165, 1.54) is 99.1 Å². The molecule has 1 spiro atoms. The third-order valence-electron chi connectivity index (χ3n) is 11.2. The quantitative estimate of drug-likeness (QED) is 0.169. The van der Waals surface area contributed by atoms with Crippen molar-refractivity contribution in [3.63, 3.8) is 0 Å². The lowest BCUT2D eigenvalue weighted by molar-refractivity contribution is 0.802. The first-order valence-electron chi connectivity index (χ1n) is 17.2. The van der Waals surface area contributed by atoms with Crippen LogP contribution in [0.15, 0.2) is 182 Å². The number of hydrogen-bond acceptors (Lipinski definition) is 0. The highest BCUT2D eigenvalue weighted by Gasteiger charge is 2.53. The molecule has 9 aromatic rings. The van der Waals surface area contributed by atoms with E-state index in [1.54, 1.807) is 0 Å². The van der Waals surface area contributed by atoms with Crippen LogP contribution in [0, 0.1) is 0 Å². The fraction of sp³-hybridized carbons (Fsp3) is 0.0204. The highest BCUT2D eigenvalue weighted by molar-refractivity contribution is 6.28. The number of benzene rings is 9. The van der Waals surface area contributed by atoms with E-state index >= 15 is 0 Å². The van der Waals surface area contributed by atoms with E-state index in [-0.39, 0.29) is 0 Å². The van der Waals surface area contributed by atoms with Crippen molar-refractivity contribution in [2.24, 2.45) is 0 Å². The van der Waals surface area contributed by atoms with E-state index in [4.69, 9.17) is 0 Å². The second kappa shape index (κ2) is 9.89. The van der Waals surface area contributed by atoms with Crippen LogP contribution in [0.1, 0.15) is 22.3 Å². The standard InChI is InChI=1S/C49H30/c1-3-15-31(16-4-1)33-27-28-37-36-21-11-13-25-43(36)49(45(37)29-33)44-26-14-12-24-40(44)46-39-23-10-8-20-35(39)42-30-41(32-17-5-2-6-18-32)34-19-7-9-22-38(34)47(42)48(46)49/h1-30H. The average molecular weight is 619 g/mol. The molecular formula is C49H30. The van der Waals surface area contributed by atoms with Crippen molar-refractivity contribution in [2.45, 2.75) is 5.41 Å². The van der Waals surface area contributed by atoms with Gasteiger partial charge in [0.15, 0.2) is 0 Å². The highest BCUT2D eigenvalue weighted by Crippen LogP contribution is 2.66. The molecule has 1 atom stereocenters. The Labute approximate surface area is 285 Å². The van der Waals surface area contributed by atoms with Crippen LogP contribution in [0.4, 0.5) is 0 Å². The molecule has 0 bridgehead atoms. The summed E-state index contributed by atoms with van der Waals surface area (Å²) in [6.07, 6.45) is 0. The van der Waals surface area contributed by atoms with Gasteiger partial charge in [0.25, 0.3) is 0 Å². The Kier molecular flexibility index (Phi) is 5.41. The van der Waals surface area contributed by atoms with Crippen molar-refractivity contribution >= 4 is 32.3 Å². The molecule has 0 N–H and O–H groups in total. The maximum atomic E-state index is 2.50. The predicted molar refractivity (Wildman–Crippen MR) is 206 cm³/mol. The van der Waals surface area contributed by atoms with Crippen molar-refractivity contribution in [1.29, 1.82) is 0 Å². The Balaban J connectivity index is 1.40. The van der Waals surface area contributed by atoms with Crippen LogP contribution < -0.4 is 0 Å². The van der Waals surface area contributed by atoms with Gasteiger partial charge in [0.1, 0.15) is 0 Å². The Bertz CT molecular complexity index is 2810. The largest absolute Gasteiger partial charge is 0.0732 e. The molecule has 1 unspecified atom stereocenters. The van der Waals surface area contributed by atoms with E-state index < -0.39 is 5.41 Å². The molecule has 0 fully saturated rings. The first-order chi connectivity index (χ1) is 24.3. The Morgan fingerprint density at radius 3 is 1.59 bits per heavy atom. The van der Waals surface area contributed by atoms with Gasteiger partial charge in [0.05, 0.1) is 5.41 Å². The zero-order chi connectivity index (χ0) is 32.1. The second-order valence-electron chi connectivity index (χ2n) is 13.5. The van der Waals surface area contributed by atoms with Crippen LogP contribution in [0.5, 0.6) is 0 Å². The third kappa shape index (κ3) is 3.43. The van der Waals surface area contributed by atoms with Crippen LogP contribution in [-0.4, -0.2) is 0 Å². The molecule has 11 rings (SSSR count). The molecule has 49 heavy (non-hydrogen) atoms. The Hall–Kier alpha value is -6.24. The minimum absolute atomic E-state index is 0.484. The van der Waals surface area contributed by atoms with Crippen LogP contribution in [-0.2, 0) is 5.41 Å². The zero-order valence-electron chi connectivity index (χ0n) is 26.8. The third-order valence-corrected chi connectivity index (χ3v) is 11.2. The lowest BCUT2D eigenvalue weighted by Crippen LogP contribution is -2.26. The molecule has 0 heteroatoms. The first kappa shape index (κ1) is 26.8. The summed E-state index contributed by atoms with van der Waals surface area (Å²) < 4.78 is 0. The normalized spacial score (nSPS) is 15.4. The van der Waals surface area contributed by atoms with Crippen molar-refractivity contribution in [3.05, 3.63) is 204 Å². The van der Waals surface area contributed by atoms with E-state index in [0.29, 0.717) is 0 Å². The van der Waals surface area contributed by atoms with Gasteiger partial charge < -0.3 is 0 Å². The lowest BCUT2D eigenvalue weighted by Gasteiger charge is -2.32. The maximum absolute atomic E-state index is 2.50. The molecule has 0 nitrogen and oxygen atoms in total. The van der Waals surface area contributed by atoms with E-state index in [9.17, 15) is 0 Å². The molecule has 226 valence electrons. The summed E-state index contributed by atoms with van der Waals surface area (Å²) in [5, 5.41) is 7.87. The summed E-state index contributed by atoms with van der Waals surface area (Å²) in [6, 6.07) is 68.0. The molecule has 0 aliphatic heterocycles. The van der Waals surface area contributed by atoms with Gasteiger partial charge in [0, 0.05) is 0 Å². The second-order valence-corrected chi connectivity index (χ2v) is 13.5.